The zero-order chi connectivity index (χ0) is 16.2. The number of anilines is 1. The number of rotatable bonds is 7. The summed E-state index contributed by atoms with van der Waals surface area (Å²) in [5.41, 5.74) is 1.00. The van der Waals surface area contributed by atoms with E-state index in [0.717, 1.165) is 9.47 Å². The van der Waals surface area contributed by atoms with Gasteiger partial charge in [0, 0.05) is 17.5 Å². The number of hydrogen-bond donors (Lipinski definition) is 3. The summed E-state index contributed by atoms with van der Waals surface area (Å²) in [5, 5.41) is 17.5. The predicted octanol–water partition coefficient (Wildman–Crippen LogP) is 1.33. The maximum Gasteiger partial charge on any atom is 0.337 e. The van der Waals surface area contributed by atoms with Crippen LogP contribution >= 0.6 is 23.1 Å². The largest absolute Gasteiger partial charge is 0.463 e. The Morgan fingerprint density at radius 1 is 1.48 bits per heavy atom. The van der Waals surface area contributed by atoms with Crippen LogP contribution in [0.4, 0.5) is 9.93 Å². The van der Waals surface area contributed by atoms with Crippen molar-refractivity contribution in [1.82, 2.24) is 20.8 Å². The minimum Gasteiger partial charge on any atom is -0.463 e. The van der Waals surface area contributed by atoms with Gasteiger partial charge in [-0.1, -0.05) is 23.1 Å². The Morgan fingerprint density at radius 3 is 3.04 bits per heavy atom. The molecule has 1 aromatic rings. The highest BCUT2D eigenvalue weighted by Crippen LogP contribution is 2.31. The Hall–Kier alpha value is -1.81. The molecule has 8 nitrogen and oxygen atoms in total. The van der Waals surface area contributed by atoms with Crippen molar-refractivity contribution in [1.29, 1.82) is 0 Å². The molecule has 0 radical (unpaired) electrons. The molecule has 0 bridgehead atoms. The fraction of sp³-hybridized carbons (Fsp3) is 0.538. The quantitative estimate of drug-likeness (QED) is 0.500. The number of ether oxygens (including phenoxy) is 1. The van der Waals surface area contributed by atoms with Gasteiger partial charge in [0.1, 0.15) is 0 Å². The average molecular weight is 355 g/mol. The molecule has 2 amide bonds. The van der Waals surface area contributed by atoms with E-state index in [-0.39, 0.29) is 12.6 Å². The molecule has 124 valence electrons. The van der Waals surface area contributed by atoms with Crippen LogP contribution in [-0.4, -0.2) is 47.1 Å². The molecule has 0 saturated heterocycles. The topological polar surface area (TPSA) is 105 Å². The molecule has 0 atom stereocenters. The zero-order valence-electron chi connectivity index (χ0n) is 12.5. The van der Waals surface area contributed by atoms with Gasteiger partial charge in [-0.2, -0.15) is 0 Å². The van der Waals surface area contributed by atoms with E-state index >= 15 is 0 Å². The van der Waals surface area contributed by atoms with Crippen LogP contribution in [0.2, 0.25) is 0 Å². The summed E-state index contributed by atoms with van der Waals surface area (Å²) in [6, 6.07) is 0.213. The summed E-state index contributed by atoms with van der Waals surface area (Å²) in [6.45, 7) is 2.21. The van der Waals surface area contributed by atoms with Crippen molar-refractivity contribution < 1.29 is 14.3 Å². The lowest BCUT2D eigenvalue weighted by atomic mass is 10.2. The minimum atomic E-state index is -0.413. The Bertz CT molecular complexity index is 641. The highest BCUT2D eigenvalue weighted by atomic mass is 32.2. The molecular formula is C13H17N5O3S2. The van der Waals surface area contributed by atoms with Gasteiger partial charge >= 0.3 is 12.0 Å². The monoisotopic (exact) mass is 355 g/mol. The van der Waals surface area contributed by atoms with Crippen molar-refractivity contribution in [3.63, 3.8) is 0 Å². The number of nitrogens with zero attached hydrogens (tertiary/aromatic N) is 2. The Balaban J connectivity index is 1.64. The summed E-state index contributed by atoms with van der Waals surface area (Å²) >= 11 is 2.91. The van der Waals surface area contributed by atoms with Gasteiger partial charge in [0.25, 0.3) is 0 Å². The van der Waals surface area contributed by atoms with Crippen molar-refractivity contribution in [3.05, 3.63) is 11.3 Å². The van der Waals surface area contributed by atoms with Crippen LogP contribution in [0.3, 0.4) is 0 Å². The zero-order valence-corrected chi connectivity index (χ0v) is 14.2. The Labute approximate surface area is 141 Å². The molecule has 0 unspecified atom stereocenters. The lowest BCUT2D eigenvalue weighted by Crippen LogP contribution is -2.44. The molecule has 1 saturated carbocycles. The minimum absolute atomic E-state index is 0.172. The van der Waals surface area contributed by atoms with Crippen LogP contribution in [0.25, 0.3) is 0 Å². The van der Waals surface area contributed by atoms with Crippen LogP contribution in [-0.2, 0) is 9.53 Å². The molecule has 1 fully saturated rings. The van der Waals surface area contributed by atoms with Crippen LogP contribution in [0, 0.1) is 0 Å². The molecule has 0 aromatic carbocycles. The molecule has 3 rings (SSSR count). The molecular weight excluding hydrogens is 338 g/mol. The second kappa shape index (κ2) is 7.18. The number of carbonyl (C=O) groups is 2. The van der Waals surface area contributed by atoms with E-state index in [4.69, 9.17) is 4.74 Å². The highest BCUT2D eigenvalue weighted by molar-refractivity contribution is 8.01. The molecule has 10 heteroatoms. The standard InChI is InChI=1S/C13H17N5O3S2/c1-2-21-10(19)8-5-14-11(20)16-9(8)6-22-13-18-17-12(23-13)15-7-3-4-7/h7H,2-6H2,1H3,(H,15,17)(H2,14,16,20). The first-order valence-electron chi connectivity index (χ1n) is 7.32. The van der Waals surface area contributed by atoms with E-state index in [1.165, 1.54) is 35.9 Å². The highest BCUT2D eigenvalue weighted by Gasteiger charge is 2.25. The number of amides is 2. The number of esters is 1. The second-order valence-electron chi connectivity index (χ2n) is 5.07. The number of carbonyl (C=O) groups excluding carboxylic acids is 2. The Kier molecular flexibility index (Phi) is 5.01. The van der Waals surface area contributed by atoms with Gasteiger partial charge in [-0.05, 0) is 19.8 Å². The second-order valence-corrected chi connectivity index (χ2v) is 7.27. The van der Waals surface area contributed by atoms with Crippen LogP contribution < -0.4 is 16.0 Å². The molecule has 0 spiro atoms. The lowest BCUT2D eigenvalue weighted by Gasteiger charge is -2.20. The van der Waals surface area contributed by atoms with Crippen molar-refractivity contribution in [3.8, 4) is 0 Å². The SMILES string of the molecule is CCOC(=O)C1=C(CSc2nnc(NC3CC3)s2)NC(=O)NC1. The summed E-state index contributed by atoms with van der Waals surface area (Å²) in [4.78, 5) is 23.4. The molecule has 3 N–H and O–H groups in total. The van der Waals surface area contributed by atoms with Crippen LogP contribution in [0.15, 0.2) is 15.6 Å². The lowest BCUT2D eigenvalue weighted by molar-refractivity contribution is -0.138. The van der Waals surface area contributed by atoms with Gasteiger partial charge in [0.2, 0.25) is 5.13 Å². The third-order valence-electron chi connectivity index (χ3n) is 3.23. The summed E-state index contributed by atoms with van der Waals surface area (Å²) in [7, 11) is 0. The van der Waals surface area contributed by atoms with Crippen molar-refractivity contribution in [2.24, 2.45) is 0 Å². The Morgan fingerprint density at radius 2 is 2.30 bits per heavy atom. The van der Waals surface area contributed by atoms with Gasteiger partial charge in [-0.15, -0.1) is 10.2 Å². The van der Waals surface area contributed by atoms with E-state index in [1.807, 2.05) is 0 Å². The van der Waals surface area contributed by atoms with E-state index in [0.29, 0.717) is 29.7 Å². The van der Waals surface area contributed by atoms with Gasteiger partial charge in [-0.25, -0.2) is 9.59 Å². The first kappa shape index (κ1) is 16.1. The van der Waals surface area contributed by atoms with Gasteiger partial charge in [0.15, 0.2) is 4.34 Å². The van der Waals surface area contributed by atoms with E-state index in [9.17, 15) is 9.59 Å². The third-order valence-corrected chi connectivity index (χ3v) is 5.24. The number of thioether (sulfide) groups is 1. The van der Waals surface area contributed by atoms with E-state index in [2.05, 4.69) is 26.1 Å². The maximum absolute atomic E-state index is 11.9. The maximum atomic E-state index is 11.9. The molecule has 2 heterocycles. The summed E-state index contributed by atoms with van der Waals surface area (Å²) < 4.78 is 5.81. The normalized spacial score (nSPS) is 17.5. The first-order chi connectivity index (χ1) is 11.2. The fourth-order valence-corrected chi connectivity index (χ4v) is 3.75. The first-order valence-corrected chi connectivity index (χ1v) is 9.12. The molecule has 1 aliphatic carbocycles. The third kappa shape index (κ3) is 4.35. The molecule has 23 heavy (non-hydrogen) atoms. The van der Waals surface area contributed by atoms with E-state index < -0.39 is 5.97 Å². The molecule has 1 aromatic heterocycles. The smallest absolute Gasteiger partial charge is 0.337 e. The summed E-state index contributed by atoms with van der Waals surface area (Å²) in [5.74, 6) is 0.0172. The number of urea groups is 1. The number of nitrogens with one attached hydrogen (secondary N) is 3. The number of hydrogen-bond acceptors (Lipinski definition) is 8. The van der Waals surface area contributed by atoms with Gasteiger partial charge in [-0.3, -0.25) is 0 Å². The van der Waals surface area contributed by atoms with Crippen molar-refractivity contribution in [2.45, 2.75) is 30.1 Å². The predicted molar refractivity (Wildman–Crippen MR) is 87.5 cm³/mol. The van der Waals surface area contributed by atoms with Gasteiger partial charge in [0.05, 0.1) is 18.7 Å². The van der Waals surface area contributed by atoms with Gasteiger partial charge < -0.3 is 20.7 Å². The van der Waals surface area contributed by atoms with E-state index in [1.54, 1.807) is 6.92 Å². The molecule has 2 aliphatic rings. The summed E-state index contributed by atoms with van der Waals surface area (Å²) in [6.07, 6.45) is 2.35. The number of aromatic nitrogens is 2. The van der Waals surface area contributed by atoms with Crippen LogP contribution in [0.5, 0.6) is 0 Å². The average Bonchev–Trinajstić information content (AvgIpc) is 3.22. The molecule has 1 aliphatic heterocycles. The van der Waals surface area contributed by atoms with Crippen LogP contribution in [0.1, 0.15) is 19.8 Å². The fourth-order valence-electron chi connectivity index (χ4n) is 1.93. The van der Waals surface area contributed by atoms with Crippen molar-refractivity contribution in [2.75, 3.05) is 24.2 Å². The van der Waals surface area contributed by atoms with Crippen molar-refractivity contribution >= 4 is 40.2 Å².